The molecule has 0 spiro atoms. The monoisotopic (exact) mass is 438 g/mol. The summed E-state index contributed by atoms with van der Waals surface area (Å²) in [6.07, 6.45) is -1.09. The maximum atomic E-state index is 10.8. The van der Waals surface area contributed by atoms with E-state index in [2.05, 4.69) is 20.1 Å². The van der Waals surface area contributed by atoms with E-state index in [1.165, 1.54) is 14.2 Å². The van der Waals surface area contributed by atoms with Gasteiger partial charge in [-0.3, -0.25) is 10.6 Å². The number of nitrogens with one attached hydrogen (secondary N) is 2. The highest BCUT2D eigenvalue weighted by Gasteiger charge is 2.03. The normalized spacial score (nSPS) is 9.46. The van der Waals surface area contributed by atoms with Crippen LogP contribution in [0.15, 0.2) is 36.4 Å². The first-order chi connectivity index (χ1) is 12.3. The second kappa shape index (κ2) is 11.0. The van der Waals surface area contributed by atoms with E-state index in [0.717, 1.165) is 0 Å². The Balaban J connectivity index is 0.000000260. The summed E-state index contributed by atoms with van der Waals surface area (Å²) in [5.41, 5.74) is 1.09. The van der Waals surface area contributed by atoms with Crippen molar-refractivity contribution in [3.05, 3.63) is 56.5 Å². The Morgan fingerprint density at radius 2 is 1.04 bits per heavy atom. The summed E-state index contributed by atoms with van der Waals surface area (Å²) in [6, 6.07) is 9.53. The van der Waals surface area contributed by atoms with Crippen LogP contribution in [0.4, 0.5) is 21.0 Å². The van der Waals surface area contributed by atoms with Gasteiger partial charge in [-0.05, 0) is 36.4 Å². The van der Waals surface area contributed by atoms with E-state index in [9.17, 15) is 9.59 Å². The Morgan fingerprint density at radius 1 is 0.692 bits per heavy atom. The van der Waals surface area contributed by atoms with Gasteiger partial charge in [0.2, 0.25) is 0 Å². The van der Waals surface area contributed by atoms with Gasteiger partial charge >= 0.3 is 12.2 Å². The van der Waals surface area contributed by atoms with Gasteiger partial charge in [0.25, 0.3) is 0 Å². The van der Waals surface area contributed by atoms with Gasteiger partial charge < -0.3 is 9.47 Å². The van der Waals surface area contributed by atoms with Gasteiger partial charge in [0.05, 0.1) is 34.3 Å². The van der Waals surface area contributed by atoms with Gasteiger partial charge in [-0.25, -0.2) is 9.59 Å². The van der Waals surface area contributed by atoms with E-state index in [4.69, 9.17) is 46.4 Å². The van der Waals surface area contributed by atoms with Crippen molar-refractivity contribution in [2.75, 3.05) is 24.9 Å². The van der Waals surface area contributed by atoms with Crippen LogP contribution in [-0.4, -0.2) is 26.4 Å². The number of rotatable bonds is 2. The Labute approximate surface area is 170 Å². The lowest BCUT2D eigenvalue weighted by atomic mass is 10.3. The van der Waals surface area contributed by atoms with Crippen LogP contribution in [0.3, 0.4) is 0 Å². The molecule has 0 unspecified atom stereocenters. The molecule has 2 aromatic rings. The Bertz CT molecular complexity index is 721. The Morgan fingerprint density at radius 3 is 1.31 bits per heavy atom. The molecule has 2 N–H and O–H groups in total. The summed E-state index contributed by atoms with van der Waals surface area (Å²) in [5, 5.41) is 6.56. The molecule has 0 aliphatic heterocycles. The molecule has 2 rings (SSSR count). The van der Waals surface area contributed by atoms with E-state index in [-0.39, 0.29) is 0 Å². The molecule has 0 radical (unpaired) electrons. The fourth-order valence-corrected chi connectivity index (χ4v) is 2.08. The van der Waals surface area contributed by atoms with Crippen molar-refractivity contribution in [1.29, 1.82) is 0 Å². The molecule has 0 saturated carbocycles. The molecule has 26 heavy (non-hydrogen) atoms. The summed E-state index contributed by atoms with van der Waals surface area (Å²) in [6.45, 7) is 0. The van der Waals surface area contributed by atoms with Crippen LogP contribution in [0.25, 0.3) is 0 Å². The van der Waals surface area contributed by atoms with E-state index < -0.39 is 12.2 Å². The summed E-state index contributed by atoms with van der Waals surface area (Å²) >= 11 is 22.8. The van der Waals surface area contributed by atoms with E-state index in [1.807, 2.05) is 0 Å². The molecule has 0 bridgehead atoms. The van der Waals surface area contributed by atoms with Gasteiger partial charge in [-0.2, -0.15) is 0 Å². The number of hydrogen-bond donors (Lipinski definition) is 2. The molecule has 0 aliphatic carbocycles. The van der Waals surface area contributed by atoms with Crippen LogP contribution in [0.2, 0.25) is 20.1 Å². The molecule has 0 aliphatic rings. The van der Waals surface area contributed by atoms with Crippen molar-refractivity contribution >= 4 is 70.0 Å². The molecule has 0 saturated heterocycles. The molecule has 2 amide bonds. The van der Waals surface area contributed by atoms with Gasteiger partial charge in [-0.1, -0.05) is 46.4 Å². The standard InChI is InChI=1S/2C8H7Cl2NO2/c2*1-13-8(12)11-5-2-3-6(9)7(10)4-5/h2*2-4H,1H3,(H,11,12). The van der Waals surface area contributed by atoms with Crippen LogP contribution in [0, 0.1) is 0 Å². The smallest absolute Gasteiger partial charge is 0.411 e. The third kappa shape index (κ3) is 7.58. The number of halogens is 4. The molecule has 10 heteroatoms. The number of ether oxygens (including phenoxy) is 2. The zero-order chi connectivity index (χ0) is 19.7. The molecule has 0 heterocycles. The van der Waals surface area contributed by atoms with Gasteiger partial charge in [0.1, 0.15) is 0 Å². The lowest BCUT2D eigenvalue weighted by Crippen LogP contribution is -2.10. The average molecular weight is 440 g/mol. The third-order valence-electron chi connectivity index (χ3n) is 2.70. The predicted molar refractivity (Wildman–Crippen MR) is 105 cm³/mol. The first-order valence-electron chi connectivity index (χ1n) is 6.86. The number of hydrogen-bond acceptors (Lipinski definition) is 4. The second-order valence-corrected chi connectivity index (χ2v) is 6.12. The zero-order valence-corrected chi connectivity index (χ0v) is 16.6. The number of methoxy groups -OCH3 is 2. The maximum Gasteiger partial charge on any atom is 0.411 e. The van der Waals surface area contributed by atoms with Crippen LogP contribution in [-0.2, 0) is 9.47 Å². The second-order valence-electron chi connectivity index (χ2n) is 4.49. The quantitative estimate of drug-likeness (QED) is 0.571. The van der Waals surface area contributed by atoms with Crippen molar-refractivity contribution < 1.29 is 19.1 Å². The predicted octanol–water partition coefficient (Wildman–Crippen LogP) is 6.34. The van der Waals surface area contributed by atoms with Crippen molar-refractivity contribution in [2.24, 2.45) is 0 Å². The summed E-state index contributed by atoms with van der Waals surface area (Å²) < 4.78 is 8.80. The summed E-state index contributed by atoms with van der Waals surface area (Å²) in [5.74, 6) is 0. The van der Waals surface area contributed by atoms with Crippen molar-refractivity contribution in [2.45, 2.75) is 0 Å². The van der Waals surface area contributed by atoms with Crippen LogP contribution in [0.5, 0.6) is 0 Å². The van der Waals surface area contributed by atoms with Crippen molar-refractivity contribution in [3.63, 3.8) is 0 Å². The topological polar surface area (TPSA) is 76.7 Å². The maximum absolute atomic E-state index is 10.8. The minimum Gasteiger partial charge on any atom is -0.453 e. The highest BCUT2D eigenvalue weighted by Crippen LogP contribution is 2.25. The molecule has 0 fully saturated rings. The van der Waals surface area contributed by atoms with Crippen LogP contribution < -0.4 is 10.6 Å². The average Bonchev–Trinajstić information content (AvgIpc) is 2.61. The van der Waals surface area contributed by atoms with E-state index in [1.54, 1.807) is 36.4 Å². The van der Waals surface area contributed by atoms with Crippen LogP contribution in [0.1, 0.15) is 0 Å². The largest absolute Gasteiger partial charge is 0.453 e. The van der Waals surface area contributed by atoms with Gasteiger partial charge in [0, 0.05) is 11.4 Å². The number of amides is 2. The van der Waals surface area contributed by atoms with Crippen molar-refractivity contribution in [3.8, 4) is 0 Å². The molecule has 0 aromatic heterocycles. The molecular formula is C16H14Cl4N2O4. The highest BCUT2D eigenvalue weighted by atomic mass is 35.5. The van der Waals surface area contributed by atoms with Gasteiger partial charge in [0.15, 0.2) is 0 Å². The highest BCUT2D eigenvalue weighted by molar-refractivity contribution is 6.42. The van der Waals surface area contributed by atoms with E-state index >= 15 is 0 Å². The lowest BCUT2D eigenvalue weighted by Gasteiger charge is -2.03. The summed E-state index contributed by atoms with van der Waals surface area (Å²) in [7, 11) is 2.57. The fourth-order valence-electron chi connectivity index (χ4n) is 1.49. The summed E-state index contributed by atoms with van der Waals surface area (Å²) in [4.78, 5) is 21.5. The van der Waals surface area contributed by atoms with Crippen LogP contribution >= 0.6 is 46.4 Å². The number of anilines is 2. The first-order valence-corrected chi connectivity index (χ1v) is 8.38. The zero-order valence-electron chi connectivity index (χ0n) is 13.6. The Hall–Kier alpha value is -1.86. The molecular weight excluding hydrogens is 426 g/mol. The first kappa shape index (κ1) is 22.2. The molecule has 2 aromatic carbocycles. The van der Waals surface area contributed by atoms with E-state index in [0.29, 0.717) is 31.5 Å². The number of carbonyl (C=O) groups excluding carboxylic acids is 2. The SMILES string of the molecule is COC(=O)Nc1ccc(Cl)c(Cl)c1.COC(=O)Nc1ccc(Cl)c(Cl)c1. The lowest BCUT2D eigenvalue weighted by molar-refractivity contribution is 0.186. The van der Waals surface area contributed by atoms with Gasteiger partial charge in [-0.15, -0.1) is 0 Å². The fraction of sp³-hybridized carbons (Fsp3) is 0.125. The molecule has 0 atom stereocenters. The number of benzene rings is 2. The number of carbonyl (C=O) groups is 2. The Kier molecular flexibility index (Phi) is 9.37. The third-order valence-corrected chi connectivity index (χ3v) is 4.18. The molecule has 6 nitrogen and oxygen atoms in total. The minimum absolute atomic E-state index is 0.385. The van der Waals surface area contributed by atoms with Crippen molar-refractivity contribution in [1.82, 2.24) is 0 Å². The minimum atomic E-state index is -0.543. The molecule has 140 valence electrons.